The number of piperidine rings is 1. The van der Waals surface area contributed by atoms with Gasteiger partial charge in [-0.25, -0.2) is 0 Å². The van der Waals surface area contributed by atoms with Crippen molar-refractivity contribution in [1.29, 1.82) is 0 Å². The van der Waals surface area contributed by atoms with Crippen molar-refractivity contribution in [1.82, 2.24) is 15.5 Å². The van der Waals surface area contributed by atoms with Crippen LogP contribution in [0.5, 0.6) is 0 Å². The fourth-order valence-electron chi connectivity index (χ4n) is 3.41. The molecule has 3 atom stereocenters. The molecule has 2 N–H and O–H groups in total. The van der Waals surface area contributed by atoms with Crippen LogP contribution < -0.4 is 10.6 Å². The van der Waals surface area contributed by atoms with Crippen molar-refractivity contribution in [3.8, 4) is 0 Å². The summed E-state index contributed by atoms with van der Waals surface area (Å²) in [4.78, 5) is 61.7. The van der Waals surface area contributed by atoms with Gasteiger partial charge in [0.05, 0.1) is 12.0 Å². The molecule has 0 saturated carbocycles. The third kappa shape index (κ3) is 2.99. The maximum absolute atomic E-state index is 12.8. The van der Waals surface area contributed by atoms with Gasteiger partial charge in [0.25, 0.3) is 5.91 Å². The summed E-state index contributed by atoms with van der Waals surface area (Å²) in [5.41, 5.74) is 0.263. The van der Waals surface area contributed by atoms with E-state index in [9.17, 15) is 24.0 Å². The largest absolute Gasteiger partial charge is 0.349 e. The molecule has 2 fully saturated rings. The van der Waals surface area contributed by atoms with Gasteiger partial charge in [-0.05, 0) is 12.8 Å². The van der Waals surface area contributed by atoms with Crippen molar-refractivity contribution in [2.24, 2.45) is 5.92 Å². The first kappa shape index (κ1) is 17.1. The minimum atomic E-state index is -0.990. The molecule has 0 bridgehead atoms. The molecule has 2 saturated heterocycles. The first-order valence-corrected chi connectivity index (χ1v) is 8.33. The number of fused-ring (bicyclic) bond motifs is 1. The Bertz CT molecular complexity index is 724. The van der Waals surface area contributed by atoms with E-state index in [1.807, 2.05) is 6.92 Å². The molecule has 3 aliphatic rings. The lowest BCUT2D eigenvalue weighted by atomic mass is 9.89. The zero-order chi connectivity index (χ0) is 18.1. The standard InChI is InChI=1S/C17H19N3O5/c1-2-4-12(21)18-10-6-3-5-9-14(10)17(25)20(16(9)24)11-7-8-13(22)19-15(11)23/h3,5-6,10-11,14H,2,4,7-8H2,1H3,(H,18,21)(H,19,22,23). The Balaban J connectivity index is 1.83. The molecule has 1 aliphatic carbocycles. The van der Waals surface area contributed by atoms with Gasteiger partial charge in [0.1, 0.15) is 6.04 Å². The van der Waals surface area contributed by atoms with Crippen molar-refractivity contribution >= 4 is 29.5 Å². The van der Waals surface area contributed by atoms with Crippen LogP contribution in [-0.4, -0.2) is 46.5 Å². The third-order valence-electron chi connectivity index (χ3n) is 4.58. The summed E-state index contributed by atoms with van der Waals surface area (Å²) in [6, 6.07) is -1.61. The van der Waals surface area contributed by atoms with Crippen LogP contribution in [0.3, 0.4) is 0 Å². The second kappa shape index (κ2) is 6.62. The van der Waals surface area contributed by atoms with E-state index in [0.717, 1.165) is 4.90 Å². The van der Waals surface area contributed by atoms with Crippen LogP contribution in [0.2, 0.25) is 0 Å². The van der Waals surface area contributed by atoms with Crippen LogP contribution in [0.1, 0.15) is 32.6 Å². The highest BCUT2D eigenvalue weighted by atomic mass is 16.2. The molecule has 8 heteroatoms. The smallest absolute Gasteiger partial charge is 0.258 e. The Morgan fingerprint density at radius 1 is 1.32 bits per heavy atom. The number of hydrogen-bond donors (Lipinski definition) is 2. The minimum Gasteiger partial charge on any atom is -0.349 e. The van der Waals surface area contributed by atoms with Gasteiger partial charge < -0.3 is 5.32 Å². The number of amides is 5. The highest BCUT2D eigenvalue weighted by Crippen LogP contribution is 2.34. The summed E-state index contributed by atoms with van der Waals surface area (Å²) in [5.74, 6) is -3.14. The van der Waals surface area contributed by atoms with Crippen molar-refractivity contribution in [2.45, 2.75) is 44.7 Å². The number of likely N-dealkylation sites (tertiary alicyclic amines) is 1. The Morgan fingerprint density at radius 3 is 2.76 bits per heavy atom. The first-order valence-electron chi connectivity index (χ1n) is 8.33. The molecule has 8 nitrogen and oxygen atoms in total. The van der Waals surface area contributed by atoms with Crippen LogP contribution in [-0.2, 0) is 24.0 Å². The fourth-order valence-corrected chi connectivity index (χ4v) is 3.41. The summed E-state index contributed by atoms with van der Waals surface area (Å²) in [6.45, 7) is 1.87. The van der Waals surface area contributed by atoms with E-state index in [4.69, 9.17) is 0 Å². The predicted octanol–water partition coefficient (Wildman–Crippen LogP) is -0.442. The normalized spacial score (nSPS) is 28.6. The molecule has 2 aliphatic heterocycles. The van der Waals surface area contributed by atoms with Gasteiger partial charge in [-0.1, -0.05) is 25.2 Å². The van der Waals surface area contributed by atoms with Crippen LogP contribution >= 0.6 is 0 Å². The lowest BCUT2D eigenvalue weighted by Crippen LogP contribution is -2.55. The summed E-state index contributed by atoms with van der Waals surface area (Å²) in [5, 5.41) is 4.92. The molecule has 0 aromatic carbocycles. The van der Waals surface area contributed by atoms with Crippen LogP contribution in [0, 0.1) is 5.92 Å². The zero-order valence-electron chi connectivity index (χ0n) is 13.8. The molecule has 3 unspecified atom stereocenters. The summed E-state index contributed by atoms with van der Waals surface area (Å²) in [6.07, 6.45) is 6.02. The molecule has 0 spiro atoms. The van der Waals surface area contributed by atoms with E-state index in [1.54, 1.807) is 18.2 Å². The number of nitrogens with one attached hydrogen (secondary N) is 2. The molecule has 0 aromatic rings. The van der Waals surface area contributed by atoms with Gasteiger partial charge in [0.15, 0.2) is 0 Å². The highest BCUT2D eigenvalue weighted by Gasteiger charge is 2.52. The molecule has 25 heavy (non-hydrogen) atoms. The second-order valence-corrected chi connectivity index (χ2v) is 6.31. The van der Waals surface area contributed by atoms with Gasteiger partial charge in [-0.3, -0.25) is 34.2 Å². The minimum absolute atomic E-state index is 0.0755. The summed E-state index contributed by atoms with van der Waals surface area (Å²) < 4.78 is 0. The Morgan fingerprint density at radius 2 is 2.08 bits per heavy atom. The van der Waals surface area contributed by atoms with Crippen LogP contribution in [0.15, 0.2) is 23.8 Å². The first-order chi connectivity index (χ1) is 11.9. The number of rotatable bonds is 4. The van der Waals surface area contributed by atoms with Crippen molar-refractivity contribution in [3.05, 3.63) is 23.8 Å². The maximum Gasteiger partial charge on any atom is 0.258 e. The van der Waals surface area contributed by atoms with Gasteiger partial charge in [-0.15, -0.1) is 0 Å². The average molecular weight is 345 g/mol. The van der Waals surface area contributed by atoms with Crippen molar-refractivity contribution in [2.75, 3.05) is 0 Å². The summed E-state index contributed by atoms with van der Waals surface area (Å²) >= 11 is 0. The van der Waals surface area contributed by atoms with Crippen LogP contribution in [0.4, 0.5) is 0 Å². The number of carbonyl (C=O) groups is 5. The molecule has 0 radical (unpaired) electrons. The van der Waals surface area contributed by atoms with Crippen LogP contribution in [0.25, 0.3) is 0 Å². The zero-order valence-corrected chi connectivity index (χ0v) is 13.8. The van der Waals surface area contributed by atoms with Gasteiger partial charge in [-0.2, -0.15) is 0 Å². The van der Waals surface area contributed by atoms with E-state index in [2.05, 4.69) is 10.6 Å². The maximum atomic E-state index is 12.8. The SMILES string of the molecule is CCCC(=O)NC1C=CC=C2C(=O)N(C3CCC(=O)NC3=O)C(=O)C21. The van der Waals surface area contributed by atoms with E-state index in [-0.39, 0.29) is 24.3 Å². The van der Waals surface area contributed by atoms with Crippen molar-refractivity contribution < 1.29 is 24.0 Å². The lowest BCUT2D eigenvalue weighted by Gasteiger charge is -2.28. The summed E-state index contributed by atoms with van der Waals surface area (Å²) in [7, 11) is 0. The van der Waals surface area contributed by atoms with Gasteiger partial charge in [0, 0.05) is 18.4 Å². The Kier molecular flexibility index (Phi) is 4.52. The molecule has 5 amide bonds. The van der Waals surface area contributed by atoms with E-state index in [0.29, 0.717) is 12.8 Å². The molecule has 2 heterocycles. The molecule has 132 valence electrons. The number of allylic oxidation sites excluding steroid dienone is 2. The van der Waals surface area contributed by atoms with E-state index in [1.165, 1.54) is 0 Å². The topological polar surface area (TPSA) is 113 Å². The quantitative estimate of drug-likeness (QED) is 0.671. The third-order valence-corrected chi connectivity index (χ3v) is 4.58. The Labute approximate surface area is 144 Å². The Hall–Kier alpha value is -2.77. The monoisotopic (exact) mass is 345 g/mol. The fraction of sp³-hybridized carbons (Fsp3) is 0.471. The molecular weight excluding hydrogens is 326 g/mol. The number of imide groups is 2. The van der Waals surface area contributed by atoms with Crippen molar-refractivity contribution in [3.63, 3.8) is 0 Å². The lowest BCUT2D eigenvalue weighted by molar-refractivity contribution is -0.151. The average Bonchev–Trinajstić information content (AvgIpc) is 2.81. The highest BCUT2D eigenvalue weighted by molar-refractivity contribution is 6.18. The molecule has 0 aromatic heterocycles. The number of carbonyl (C=O) groups excluding carboxylic acids is 5. The predicted molar refractivity (Wildman–Crippen MR) is 85.6 cm³/mol. The van der Waals surface area contributed by atoms with E-state index >= 15 is 0 Å². The van der Waals surface area contributed by atoms with E-state index < -0.39 is 41.6 Å². The molecule has 3 rings (SSSR count). The van der Waals surface area contributed by atoms with Gasteiger partial charge in [0.2, 0.25) is 23.6 Å². The molecular formula is C17H19N3O5. The second-order valence-electron chi connectivity index (χ2n) is 6.31. The number of hydrogen-bond acceptors (Lipinski definition) is 5. The number of nitrogens with zero attached hydrogens (tertiary/aromatic N) is 1. The van der Waals surface area contributed by atoms with Gasteiger partial charge >= 0.3 is 0 Å².